The van der Waals surface area contributed by atoms with Crippen LogP contribution in [0.2, 0.25) is 0 Å². The van der Waals surface area contributed by atoms with Crippen molar-refractivity contribution in [2.45, 2.75) is 45.6 Å². The first kappa shape index (κ1) is 17.1. The Morgan fingerprint density at radius 1 is 0.950 bits per heavy atom. The molecule has 0 aliphatic heterocycles. The lowest BCUT2D eigenvalue weighted by molar-refractivity contribution is -0.125. The molecule has 1 aromatic rings. The third kappa shape index (κ3) is 5.97. The van der Waals surface area contributed by atoms with Gasteiger partial charge in [0.05, 0.1) is 6.61 Å². The van der Waals surface area contributed by atoms with E-state index in [4.69, 9.17) is 9.47 Å². The Morgan fingerprint density at radius 3 is 2.00 bits per heavy atom. The Hall–Kier alpha value is -1.00. The predicted octanol–water partition coefficient (Wildman–Crippen LogP) is 4.17. The minimum absolute atomic E-state index is 0.0872. The number of hydrogen-bond donors (Lipinski definition) is 0. The van der Waals surface area contributed by atoms with Gasteiger partial charge in [-0.2, -0.15) is 0 Å². The first-order chi connectivity index (χ1) is 9.24. The van der Waals surface area contributed by atoms with Crippen LogP contribution in [-0.4, -0.2) is 25.7 Å². The van der Waals surface area contributed by atoms with Crippen LogP contribution < -0.4 is 0 Å². The van der Waals surface area contributed by atoms with Gasteiger partial charge in [-0.15, -0.1) is 0 Å². The maximum atomic E-state index is 13.3. The number of alkyl halides is 2. The molecule has 114 valence electrons. The van der Waals surface area contributed by atoms with E-state index < -0.39 is 19.1 Å². The molecule has 0 atom stereocenters. The fourth-order valence-corrected chi connectivity index (χ4v) is 1.71. The van der Waals surface area contributed by atoms with Gasteiger partial charge in [0, 0.05) is 6.61 Å². The second-order valence-electron chi connectivity index (χ2n) is 5.93. The monoisotopic (exact) mass is 286 g/mol. The molecule has 0 spiro atoms. The second kappa shape index (κ2) is 7.14. The molecule has 1 rings (SSSR count). The van der Waals surface area contributed by atoms with Crippen LogP contribution in [0, 0.1) is 0 Å². The molecule has 0 heterocycles. The predicted molar refractivity (Wildman–Crippen MR) is 76.2 cm³/mol. The standard InChI is InChI=1S/C16H24F2O2/c1-5-19-11-16(17,18)12-20-10-13-6-8-14(9-7-13)15(2,3)4/h6-9H,5,10-12H2,1-4H3. The molecule has 0 N–H and O–H groups in total. The van der Waals surface area contributed by atoms with Gasteiger partial charge in [0.25, 0.3) is 5.92 Å². The van der Waals surface area contributed by atoms with Crippen LogP contribution in [0.4, 0.5) is 8.78 Å². The van der Waals surface area contributed by atoms with Gasteiger partial charge in [0.1, 0.15) is 13.2 Å². The highest BCUT2D eigenvalue weighted by Gasteiger charge is 2.29. The topological polar surface area (TPSA) is 18.5 Å². The zero-order valence-electron chi connectivity index (χ0n) is 12.7. The summed E-state index contributed by atoms with van der Waals surface area (Å²) in [7, 11) is 0. The molecule has 0 aliphatic rings. The molecule has 0 bridgehead atoms. The summed E-state index contributed by atoms with van der Waals surface area (Å²) in [5.74, 6) is -2.93. The van der Waals surface area contributed by atoms with Crippen LogP contribution in [0.25, 0.3) is 0 Å². The molecule has 2 nitrogen and oxygen atoms in total. The van der Waals surface area contributed by atoms with E-state index in [0.29, 0.717) is 0 Å². The molecule has 1 aromatic carbocycles. The van der Waals surface area contributed by atoms with Crippen LogP contribution in [0.1, 0.15) is 38.8 Å². The normalized spacial score (nSPS) is 12.7. The van der Waals surface area contributed by atoms with Gasteiger partial charge in [0.15, 0.2) is 0 Å². The molecule has 0 aromatic heterocycles. The van der Waals surface area contributed by atoms with E-state index in [2.05, 4.69) is 20.8 Å². The highest BCUT2D eigenvalue weighted by molar-refractivity contribution is 5.27. The second-order valence-corrected chi connectivity index (χ2v) is 5.93. The number of benzene rings is 1. The molecule has 0 unspecified atom stereocenters. The van der Waals surface area contributed by atoms with E-state index in [1.54, 1.807) is 6.92 Å². The minimum Gasteiger partial charge on any atom is -0.375 e. The van der Waals surface area contributed by atoms with Gasteiger partial charge in [-0.3, -0.25) is 0 Å². The third-order valence-electron chi connectivity index (χ3n) is 2.92. The summed E-state index contributed by atoms with van der Waals surface area (Å²) in [6.45, 7) is 7.34. The largest absolute Gasteiger partial charge is 0.375 e. The molecule has 0 saturated heterocycles. The molecule has 4 heteroatoms. The van der Waals surface area contributed by atoms with Gasteiger partial charge >= 0.3 is 0 Å². The molecule has 0 radical (unpaired) electrons. The van der Waals surface area contributed by atoms with E-state index in [1.807, 2.05) is 24.3 Å². The van der Waals surface area contributed by atoms with Gasteiger partial charge < -0.3 is 9.47 Å². The lowest BCUT2D eigenvalue weighted by Gasteiger charge is -2.19. The van der Waals surface area contributed by atoms with Crippen molar-refractivity contribution in [3.63, 3.8) is 0 Å². The first-order valence-corrected chi connectivity index (χ1v) is 6.87. The lowest BCUT2D eigenvalue weighted by atomic mass is 9.87. The van der Waals surface area contributed by atoms with Crippen molar-refractivity contribution in [2.75, 3.05) is 19.8 Å². The van der Waals surface area contributed by atoms with Crippen LogP contribution in [0.5, 0.6) is 0 Å². The van der Waals surface area contributed by atoms with Gasteiger partial charge in [-0.25, -0.2) is 8.78 Å². The number of ether oxygens (including phenoxy) is 2. The van der Waals surface area contributed by atoms with Crippen molar-refractivity contribution in [3.8, 4) is 0 Å². The Bertz CT molecular complexity index is 394. The quantitative estimate of drug-likeness (QED) is 0.749. The summed E-state index contributed by atoms with van der Waals surface area (Å²) in [6, 6.07) is 7.86. The van der Waals surface area contributed by atoms with Crippen molar-refractivity contribution >= 4 is 0 Å². The molecule has 0 fully saturated rings. The maximum Gasteiger partial charge on any atom is 0.293 e. The zero-order valence-corrected chi connectivity index (χ0v) is 12.7. The van der Waals surface area contributed by atoms with Gasteiger partial charge in [-0.05, 0) is 23.5 Å². The van der Waals surface area contributed by atoms with E-state index in [9.17, 15) is 8.78 Å². The lowest BCUT2D eigenvalue weighted by Crippen LogP contribution is -2.29. The van der Waals surface area contributed by atoms with Crippen molar-refractivity contribution in [2.24, 2.45) is 0 Å². The van der Waals surface area contributed by atoms with Crippen molar-refractivity contribution in [3.05, 3.63) is 35.4 Å². The average Bonchev–Trinajstić information content (AvgIpc) is 2.36. The highest BCUT2D eigenvalue weighted by atomic mass is 19.3. The van der Waals surface area contributed by atoms with Crippen molar-refractivity contribution < 1.29 is 18.3 Å². The molecule has 0 aliphatic carbocycles. The Labute approximate surface area is 120 Å². The summed E-state index contributed by atoms with van der Waals surface area (Å²) >= 11 is 0. The smallest absolute Gasteiger partial charge is 0.293 e. The Balaban J connectivity index is 2.43. The summed E-state index contributed by atoms with van der Waals surface area (Å²) in [4.78, 5) is 0. The first-order valence-electron chi connectivity index (χ1n) is 6.87. The molecular weight excluding hydrogens is 262 g/mol. The minimum atomic E-state index is -2.93. The maximum absolute atomic E-state index is 13.3. The third-order valence-corrected chi connectivity index (χ3v) is 2.92. The van der Waals surface area contributed by atoms with E-state index in [0.717, 1.165) is 5.56 Å². The molecular formula is C16H24F2O2. The summed E-state index contributed by atoms with van der Waals surface area (Å²) in [6.07, 6.45) is 0. The zero-order chi connectivity index (χ0) is 15.2. The van der Waals surface area contributed by atoms with Crippen molar-refractivity contribution in [1.82, 2.24) is 0 Å². The Kier molecular flexibility index (Phi) is 6.08. The average molecular weight is 286 g/mol. The van der Waals surface area contributed by atoms with Gasteiger partial charge in [-0.1, -0.05) is 45.0 Å². The van der Waals surface area contributed by atoms with Crippen LogP contribution in [0.15, 0.2) is 24.3 Å². The fraction of sp³-hybridized carbons (Fsp3) is 0.625. The SMILES string of the molecule is CCOCC(F)(F)COCc1ccc(C(C)(C)C)cc1. The van der Waals surface area contributed by atoms with Crippen LogP contribution in [0.3, 0.4) is 0 Å². The number of halogens is 2. The summed E-state index contributed by atoms with van der Waals surface area (Å²) in [5.41, 5.74) is 2.19. The van der Waals surface area contributed by atoms with E-state index in [-0.39, 0.29) is 18.6 Å². The molecule has 20 heavy (non-hydrogen) atoms. The van der Waals surface area contributed by atoms with E-state index in [1.165, 1.54) is 5.56 Å². The molecule has 0 saturated carbocycles. The van der Waals surface area contributed by atoms with Crippen molar-refractivity contribution in [1.29, 1.82) is 0 Å². The van der Waals surface area contributed by atoms with Crippen LogP contribution in [-0.2, 0) is 21.5 Å². The molecule has 0 amide bonds. The highest BCUT2D eigenvalue weighted by Crippen LogP contribution is 2.22. The number of rotatable bonds is 7. The van der Waals surface area contributed by atoms with Gasteiger partial charge in [0.2, 0.25) is 0 Å². The van der Waals surface area contributed by atoms with Crippen LogP contribution >= 0.6 is 0 Å². The Morgan fingerprint density at radius 2 is 1.50 bits per heavy atom. The van der Waals surface area contributed by atoms with E-state index >= 15 is 0 Å². The summed E-state index contributed by atoms with van der Waals surface area (Å²) in [5, 5.41) is 0. The summed E-state index contributed by atoms with van der Waals surface area (Å²) < 4.78 is 36.4. The fourth-order valence-electron chi connectivity index (χ4n) is 1.71. The number of hydrogen-bond acceptors (Lipinski definition) is 2.